The normalized spacial score (nSPS) is 25.7. The Labute approximate surface area is 91.5 Å². The van der Waals surface area contributed by atoms with Crippen molar-refractivity contribution >= 4 is 5.91 Å². The van der Waals surface area contributed by atoms with Crippen molar-refractivity contribution in [2.24, 2.45) is 5.73 Å². The molecule has 1 aliphatic heterocycles. The molecular weight excluding hydrogens is 192 g/mol. The van der Waals surface area contributed by atoms with E-state index in [4.69, 9.17) is 10.5 Å². The molecule has 1 heterocycles. The van der Waals surface area contributed by atoms with Crippen molar-refractivity contribution in [3.63, 3.8) is 0 Å². The second-order valence-electron chi connectivity index (χ2n) is 4.27. The summed E-state index contributed by atoms with van der Waals surface area (Å²) in [5, 5.41) is 3.34. The van der Waals surface area contributed by atoms with Crippen LogP contribution >= 0.6 is 0 Å². The summed E-state index contributed by atoms with van der Waals surface area (Å²) >= 11 is 0. The van der Waals surface area contributed by atoms with E-state index < -0.39 is 0 Å². The lowest BCUT2D eigenvalue weighted by atomic mass is 10.2. The molecule has 1 saturated heterocycles. The van der Waals surface area contributed by atoms with Crippen LogP contribution in [0.5, 0.6) is 0 Å². The maximum atomic E-state index is 10.5. The molecule has 3 N–H and O–H groups in total. The van der Waals surface area contributed by atoms with Crippen LogP contribution < -0.4 is 11.1 Å². The lowest BCUT2D eigenvalue weighted by Gasteiger charge is -2.11. The molecule has 0 radical (unpaired) electrons. The highest BCUT2D eigenvalue weighted by Gasteiger charge is 2.20. The van der Waals surface area contributed by atoms with Gasteiger partial charge in [-0.1, -0.05) is 0 Å². The third-order valence-corrected chi connectivity index (χ3v) is 2.72. The monoisotopic (exact) mass is 214 g/mol. The Morgan fingerprint density at radius 3 is 2.87 bits per heavy atom. The molecule has 0 saturated carbocycles. The molecular formula is C11H22N2O2. The van der Waals surface area contributed by atoms with Crippen molar-refractivity contribution in [2.45, 2.75) is 51.2 Å². The third kappa shape index (κ3) is 5.74. The van der Waals surface area contributed by atoms with Crippen molar-refractivity contribution in [3.8, 4) is 0 Å². The lowest BCUT2D eigenvalue weighted by molar-refractivity contribution is -0.118. The number of hydrogen-bond acceptors (Lipinski definition) is 3. The van der Waals surface area contributed by atoms with Crippen molar-refractivity contribution < 1.29 is 9.53 Å². The molecule has 4 heteroatoms. The Morgan fingerprint density at radius 2 is 2.27 bits per heavy atom. The van der Waals surface area contributed by atoms with Gasteiger partial charge in [-0.2, -0.15) is 0 Å². The zero-order valence-corrected chi connectivity index (χ0v) is 9.50. The van der Waals surface area contributed by atoms with Crippen molar-refractivity contribution in [1.82, 2.24) is 5.32 Å². The van der Waals surface area contributed by atoms with E-state index in [1.54, 1.807) is 0 Å². The van der Waals surface area contributed by atoms with Crippen LogP contribution in [0, 0.1) is 0 Å². The summed E-state index contributed by atoms with van der Waals surface area (Å²) in [6.45, 7) is 4.00. The smallest absolute Gasteiger partial charge is 0.217 e. The first-order valence-corrected chi connectivity index (χ1v) is 5.83. The Bertz CT molecular complexity index is 197. The van der Waals surface area contributed by atoms with Gasteiger partial charge in [-0.05, 0) is 39.2 Å². The number of rotatable bonds is 7. The number of hydrogen-bond donors (Lipinski definition) is 2. The molecule has 2 atom stereocenters. The lowest BCUT2D eigenvalue weighted by Crippen LogP contribution is -2.27. The van der Waals surface area contributed by atoms with Crippen LogP contribution in [0.1, 0.15) is 39.0 Å². The SMILES string of the molecule is CC1CCC(CNCCCCC(N)=O)O1. The maximum absolute atomic E-state index is 10.5. The van der Waals surface area contributed by atoms with Gasteiger partial charge in [0.2, 0.25) is 5.91 Å². The van der Waals surface area contributed by atoms with E-state index in [1.165, 1.54) is 6.42 Å². The van der Waals surface area contributed by atoms with Gasteiger partial charge >= 0.3 is 0 Å². The number of nitrogens with two attached hydrogens (primary N) is 1. The second kappa shape index (κ2) is 6.80. The van der Waals surface area contributed by atoms with Gasteiger partial charge in [0.1, 0.15) is 0 Å². The first-order valence-electron chi connectivity index (χ1n) is 5.83. The van der Waals surface area contributed by atoms with Crippen molar-refractivity contribution in [3.05, 3.63) is 0 Å². The summed E-state index contributed by atoms with van der Waals surface area (Å²) < 4.78 is 5.67. The van der Waals surface area contributed by atoms with Crippen LogP contribution in [0.2, 0.25) is 0 Å². The summed E-state index contributed by atoms with van der Waals surface area (Å²) in [4.78, 5) is 10.5. The fourth-order valence-electron chi connectivity index (χ4n) is 1.85. The maximum Gasteiger partial charge on any atom is 0.217 e. The number of amides is 1. The van der Waals surface area contributed by atoms with E-state index in [2.05, 4.69) is 12.2 Å². The number of carbonyl (C=O) groups excluding carboxylic acids is 1. The number of primary amides is 1. The molecule has 1 amide bonds. The second-order valence-corrected chi connectivity index (χ2v) is 4.27. The van der Waals surface area contributed by atoms with E-state index in [1.807, 2.05) is 0 Å². The zero-order valence-electron chi connectivity index (χ0n) is 9.50. The minimum Gasteiger partial charge on any atom is -0.374 e. The van der Waals surface area contributed by atoms with Crippen LogP contribution in [0.15, 0.2) is 0 Å². The summed E-state index contributed by atoms with van der Waals surface area (Å²) in [6.07, 6.45) is 5.53. The molecule has 88 valence electrons. The molecule has 0 bridgehead atoms. The van der Waals surface area contributed by atoms with Gasteiger partial charge in [-0.3, -0.25) is 4.79 Å². The van der Waals surface area contributed by atoms with Crippen LogP contribution in [0.25, 0.3) is 0 Å². The summed E-state index contributed by atoms with van der Waals surface area (Å²) in [5.74, 6) is -0.206. The average molecular weight is 214 g/mol. The third-order valence-electron chi connectivity index (χ3n) is 2.72. The standard InChI is InChI=1S/C11H22N2O2/c1-9-5-6-10(15-9)8-13-7-3-2-4-11(12)14/h9-10,13H,2-8H2,1H3,(H2,12,14). The van der Waals surface area contributed by atoms with Gasteiger partial charge in [0, 0.05) is 13.0 Å². The largest absolute Gasteiger partial charge is 0.374 e. The van der Waals surface area contributed by atoms with Gasteiger partial charge in [0.05, 0.1) is 12.2 Å². The van der Waals surface area contributed by atoms with Crippen LogP contribution in [0.3, 0.4) is 0 Å². The van der Waals surface area contributed by atoms with Gasteiger partial charge in [0.25, 0.3) is 0 Å². The molecule has 1 fully saturated rings. The number of ether oxygens (including phenoxy) is 1. The van der Waals surface area contributed by atoms with Gasteiger partial charge in [0.15, 0.2) is 0 Å². The molecule has 15 heavy (non-hydrogen) atoms. The minimum absolute atomic E-state index is 0.206. The van der Waals surface area contributed by atoms with Gasteiger partial charge in [-0.25, -0.2) is 0 Å². The predicted octanol–water partition coefficient (Wildman–Crippen LogP) is 0.799. The fraction of sp³-hybridized carbons (Fsp3) is 0.909. The van der Waals surface area contributed by atoms with E-state index in [0.29, 0.717) is 18.6 Å². The molecule has 0 aromatic rings. The molecule has 1 rings (SSSR count). The highest BCUT2D eigenvalue weighted by Crippen LogP contribution is 2.17. The molecule has 0 aromatic carbocycles. The van der Waals surface area contributed by atoms with Crippen LogP contribution in [-0.2, 0) is 9.53 Å². The van der Waals surface area contributed by atoms with Crippen LogP contribution in [-0.4, -0.2) is 31.2 Å². The van der Waals surface area contributed by atoms with E-state index in [9.17, 15) is 4.79 Å². The Morgan fingerprint density at radius 1 is 1.47 bits per heavy atom. The summed E-state index contributed by atoms with van der Waals surface area (Å²) in [7, 11) is 0. The van der Waals surface area contributed by atoms with E-state index in [0.717, 1.165) is 32.4 Å². The summed E-state index contributed by atoms with van der Waals surface area (Å²) in [5.41, 5.74) is 5.04. The zero-order chi connectivity index (χ0) is 11.1. The topological polar surface area (TPSA) is 64.3 Å². The van der Waals surface area contributed by atoms with Crippen LogP contribution in [0.4, 0.5) is 0 Å². The molecule has 2 unspecified atom stereocenters. The predicted molar refractivity (Wildman–Crippen MR) is 59.5 cm³/mol. The fourth-order valence-corrected chi connectivity index (χ4v) is 1.85. The first-order chi connectivity index (χ1) is 7.18. The van der Waals surface area contributed by atoms with Crippen molar-refractivity contribution in [2.75, 3.05) is 13.1 Å². The quantitative estimate of drug-likeness (QED) is 0.616. The molecule has 0 aromatic heterocycles. The van der Waals surface area contributed by atoms with Gasteiger partial charge in [-0.15, -0.1) is 0 Å². The molecule has 0 spiro atoms. The molecule has 4 nitrogen and oxygen atoms in total. The number of nitrogens with one attached hydrogen (secondary N) is 1. The first kappa shape index (κ1) is 12.5. The Hall–Kier alpha value is -0.610. The highest BCUT2D eigenvalue weighted by molar-refractivity contribution is 5.73. The molecule has 1 aliphatic rings. The minimum atomic E-state index is -0.206. The van der Waals surface area contributed by atoms with Crippen molar-refractivity contribution in [1.29, 1.82) is 0 Å². The number of unbranched alkanes of at least 4 members (excludes halogenated alkanes) is 1. The highest BCUT2D eigenvalue weighted by atomic mass is 16.5. The van der Waals surface area contributed by atoms with E-state index in [-0.39, 0.29) is 5.91 Å². The molecule has 0 aliphatic carbocycles. The average Bonchev–Trinajstić information content (AvgIpc) is 2.57. The Kier molecular flexibility index (Phi) is 5.65. The van der Waals surface area contributed by atoms with E-state index >= 15 is 0 Å². The summed E-state index contributed by atoms with van der Waals surface area (Å²) in [6, 6.07) is 0. The number of carbonyl (C=O) groups is 1. The van der Waals surface area contributed by atoms with Gasteiger partial charge < -0.3 is 15.8 Å². The Balaban J connectivity index is 1.87.